The van der Waals surface area contributed by atoms with Gasteiger partial charge in [0.1, 0.15) is 0 Å². The van der Waals surface area contributed by atoms with Crippen LogP contribution in [0.5, 0.6) is 0 Å². The van der Waals surface area contributed by atoms with Gasteiger partial charge in [0.15, 0.2) is 0 Å². The first-order valence-corrected chi connectivity index (χ1v) is 8.27. The maximum atomic E-state index is 11.1. The summed E-state index contributed by atoms with van der Waals surface area (Å²) in [6, 6.07) is 3.54. The molecule has 0 bridgehead atoms. The van der Waals surface area contributed by atoms with Crippen molar-refractivity contribution in [2.75, 3.05) is 18.0 Å². The standard InChI is InChI=1S/C18H24N4O/c1-12-13(2)20-18(21-14(12)3)22-8-6-15(7-9-22)10-16-4-5-17(23)19-11-16/h4-5,11,15H,6-10H2,1-3H3,(H,19,23). The first-order chi connectivity index (χ1) is 11.0. The molecule has 2 aromatic rings. The highest BCUT2D eigenvalue weighted by molar-refractivity contribution is 5.36. The molecule has 0 aliphatic carbocycles. The van der Waals surface area contributed by atoms with Gasteiger partial charge in [0.2, 0.25) is 11.5 Å². The van der Waals surface area contributed by atoms with Gasteiger partial charge in [-0.1, -0.05) is 6.07 Å². The lowest BCUT2D eigenvalue weighted by Gasteiger charge is -2.32. The minimum atomic E-state index is -0.0363. The molecule has 5 heteroatoms. The molecule has 23 heavy (non-hydrogen) atoms. The van der Waals surface area contributed by atoms with Crippen molar-refractivity contribution in [2.45, 2.75) is 40.0 Å². The first-order valence-electron chi connectivity index (χ1n) is 8.27. The van der Waals surface area contributed by atoms with Crippen molar-refractivity contribution in [1.82, 2.24) is 15.0 Å². The number of rotatable bonds is 3. The molecule has 1 N–H and O–H groups in total. The van der Waals surface area contributed by atoms with Crippen LogP contribution in [-0.4, -0.2) is 28.0 Å². The highest BCUT2D eigenvalue weighted by Crippen LogP contribution is 2.24. The van der Waals surface area contributed by atoms with E-state index in [0.29, 0.717) is 5.92 Å². The summed E-state index contributed by atoms with van der Waals surface area (Å²) in [5.41, 5.74) is 4.50. The summed E-state index contributed by atoms with van der Waals surface area (Å²) >= 11 is 0. The SMILES string of the molecule is Cc1nc(N2CCC(Cc3ccc(=O)[nH]c3)CC2)nc(C)c1C. The maximum Gasteiger partial charge on any atom is 0.247 e. The molecule has 0 amide bonds. The van der Waals surface area contributed by atoms with Gasteiger partial charge in [0.25, 0.3) is 0 Å². The van der Waals surface area contributed by atoms with E-state index in [1.807, 2.05) is 12.3 Å². The van der Waals surface area contributed by atoms with Crippen LogP contribution in [0, 0.1) is 26.7 Å². The largest absolute Gasteiger partial charge is 0.341 e. The van der Waals surface area contributed by atoms with E-state index in [4.69, 9.17) is 0 Å². The van der Waals surface area contributed by atoms with Crippen molar-refractivity contribution in [3.05, 3.63) is 51.2 Å². The molecule has 0 saturated carbocycles. The Morgan fingerprint density at radius 1 is 1.13 bits per heavy atom. The van der Waals surface area contributed by atoms with Crippen LogP contribution in [-0.2, 0) is 6.42 Å². The van der Waals surface area contributed by atoms with Gasteiger partial charge >= 0.3 is 0 Å². The number of H-pyrrole nitrogens is 1. The molecule has 1 aliphatic heterocycles. The molecule has 1 fully saturated rings. The Morgan fingerprint density at radius 2 is 1.78 bits per heavy atom. The van der Waals surface area contributed by atoms with Gasteiger partial charge in [-0.2, -0.15) is 0 Å². The predicted octanol–water partition coefficient (Wildman–Crippen LogP) is 2.55. The molecule has 122 valence electrons. The quantitative estimate of drug-likeness (QED) is 0.946. The summed E-state index contributed by atoms with van der Waals surface area (Å²) in [6.45, 7) is 8.17. The lowest BCUT2D eigenvalue weighted by Crippen LogP contribution is -2.35. The third kappa shape index (κ3) is 3.60. The van der Waals surface area contributed by atoms with E-state index >= 15 is 0 Å². The lowest BCUT2D eigenvalue weighted by molar-refractivity contribution is 0.400. The van der Waals surface area contributed by atoms with E-state index in [9.17, 15) is 4.79 Å². The molecule has 0 radical (unpaired) electrons. The number of aromatic amines is 1. The van der Waals surface area contributed by atoms with Crippen LogP contribution in [0.15, 0.2) is 23.1 Å². The van der Waals surface area contributed by atoms with E-state index in [1.54, 1.807) is 6.07 Å². The van der Waals surface area contributed by atoms with Gasteiger partial charge in [-0.3, -0.25) is 4.79 Å². The highest BCUT2D eigenvalue weighted by Gasteiger charge is 2.22. The minimum Gasteiger partial charge on any atom is -0.341 e. The smallest absolute Gasteiger partial charge is 0.247 e. The Kier molecular flexibility index (Phi) is 4.46. The van der Waals surface area contributed by atoms with Crippen LogP contribution < -0.4 is 10.5 Å². The molecule has 0 atom stereocenters. The third-order valence-electron chi connectivity index (χ3n) is 4.89. The Bertz CT molecular complexity index is 701. The van der Waals surface area contributed by atoms with Gasteiger partial charge in [-0.05, 0) is 57.1 Å². The summed E-state index contributed by atoms with van der Waals surface area (Å²) in [4.78, 5) is 25.5. The molecule has 0 spiro atoms. The van der Waals surface area contributed by atoms with Crippen molar-refractivity contribution in [1.29, 1.82) is 0 Å². The van der Waals surface area contributed by atoms with E-state index in [-0.39, 0.29) is 5.56 Å². The topological polar surface area (TPSA) is 61.9 Å². The Labute approximate surface area is 136 Å². The summed E-state index contributed by atoms with van der Waals surface area (Å²) in [7, 11) is 0. The summed E-state index contributed by atoms with van der Waals surface area (Å²) in [6.07, 6.45) is 5.13. The normalized spacial score (nSPS) is 15.9. The van der Waals surface area contributed by atoms with E-state index in [0.717, 1.165) is 49.7 Å². The van der Waals surface area contributed by atoms with Crippen molar-refractivity contribution in [3.8, 4) is 0 Å². The number of nitrogens with one attached hydrogen (secondary N) is 1. The molecule has 3 rings (SSSR count). The number of hydrogen-bond donors (Lipinski definition) is 1. The number of aryl methyl sites for hydroxylation is 2. The number of pyridine rings is 1. The van der Waals surface area contributed by atoms with Gasteiger partial charge in [-0.25, -0.2) is 9.97 Å². The number of nitrogens with zero attached hydrogens (tertiary/aromatic N) is 3. The number of aromatic nitrogens is 3. The zero-order chi connectivity index (χ0) is 16.4. The van der Waals surface area contributed by atoms with Crippen LogP contribution in [0.25, 0.3) is 0 Å². The predicted molar refractivity (Wildman–Crippen MR) is 91.9 cm³/mol. The highest BCUT2D eigenvalue weighted by atomic mass is 16.1. The van der Waals surface area contributed by atoms with Gasteiger partial charge in [0, 0.05) is 36.7 Å². The fourth-order valence-electron chi connectivity index (χ4n) is 3.14. The zero-order valence-corrected chi connectivity index (χ0v) is 14.1. The van der Waals surface area contributed by atoms with Gasteiger partial charge in [0.05, 0.1) is 0 Å². The zero-order valence-electron chi connectivity index (χ0n) is 14.1. The molecule has 1 saturated heterocycles. The first kappa shape index (κ1) is 15.7. The van der Waals surface area contributed by atoms with Crippen molar-refractivity contribution in [2.24, 2.45) is 5.92 Å². The molecule has 3 heterocycles. The molecule has 0 unspecified atom stereocenters. The van der Waals surface area contributed by atoms with E-state index in [2.05, 4.69) is 40.6 Å². The average Bonchev–Trinajstić information content (AvgIpc) is 2.55. The van der Waals surface area contributed by atoms with Gasteiger partial charge in [-0.15, -0.1) is 0 Å². The molecule has 0 aromatic carbocycles. The molecular weight excluding hydrogens is 288 g/mol. The fraction of sp³-hybridized carbons (Fsp3) is 0.500. The minimum absolute atomic E-state index is 0.0363. The third-order valence-corrected chi connectivity index (χ3v) is 4.89. The van der Waals surface area contributed by atoms with E-state index in [1.165, 1.54) is 11.1 Å². The Morgan fingerprint density at radius 3 is 2.35 bits per heavy atom. The van der Waals surface area contributed by atoms with Crippen molar-refractivity contribution < 1.29 is 0 Å². The van der Waals surface area contributed by atoms with Crippen molar-refractivity contribution >= 4 is 5.95 Å². The maximum absolute atomic E-state index is 11.1. The second-order valence-corrected chi connectivity index (χ2v) is 6.52. The lowest BCUT2D eigenvalue weighted by atomic mass is 9.91. The summed E-state index contributed by atoms with van der Waals surface area (Å²) in [5, 5.41) is 0. The number of hydrogen-bond acceptors (Lipinski definition) is 4. The van der Waals surface area contributed by atoms with Crippen LogP contribution in [0.1, 0.15) is 35.4 Å². The Hall–Kier alpha value is -2.17. The fourth-order valence-corrected chi connectivity index (χ4v) is 3.14. The molecule has 2 aromatic heterocycles. The number of piperidine rings is 1. The summed E-state index contributed by atoms with van der Waals surface area (Å²) in [5.74, 6) is 1.53. The van der Waals surface area contributed by atoms with Crippen LogP contribution in [0.4, 0.5) is 5.95 Å². The van der Waals surface area contributed by atoms with Crippen LogP contribution in [0.3, 0.4) is 0 Å². The molecule has 1 aliphatic rings. The summed E-state index contributed by atoms with van der Waals surface area (Å²) < 4.78 is 0. The molecule has 5 nitrogen and oxygen atoms in total. The van der Waals surface area contributed by atoms with Crippen LogP contribution >= 0.6 is 0 Å². The van der Waals surface area contributed by atoms with Crippen LogP contribution in [0.2, 0.25) is 0 Å². The van der Waals surface area contributed by atoms with Crippen molar-refractivity contribution in [3.63, 3.8) is 0 Å². The average molecular weight is 312 g/mol. The second kappa shape index (κ2) is 6.52. The number of anilines is 1. The van der Waals surface area contributed by atoms with E-state index < -0.39 is 0 Å². The van der Waals surface area contributed by atoms with Gasteiger partial charge < -0.3 is 9.88 Å². The second-order valence-electron chi connectivity index (χ2n) is 6.52. The Balaban J connectivity index is 1.62. The molecular formula is C18H24N4O. The monoisotopic (exact) mass is 312 g/mol.